The van der Waals surface area contributed by atoms with E-state index in [0.717, 1.165) is 24.0 Å². The molecule has 2 aromatic rings. The maximum atomic E-state index is 12.7. The van der Waals surface area contributed by atoms with Crippen LogP contribution in [0.2, 0.25) is 0 Å². The third-order valence-corrected chi connectivity index (χ3v) is 4.85. The largest absolute Gasteiger partial charge is 0.294 e. The molecule has 0 aromatic heterocycles. The van der Waals surface area contributed by atoms with E-state index in [-0.39, 0.29) is 29.3 Å². The Balaban J connectivity index is 1.76. The smallest absolute Gasteiger partial charge is 0.166 e. The minimum Gasteiger partial charge on any atom is -0.294 e. The topological polar surface area (TPSA) is 34.1 Å². The molecule has 3 atom stereocenters. The lowest BCUT2D eigenvalue weighted by atomic mass is 9.83. The van der Waals surface area contributed by atoms with E-state index in [0.29, 0.717) is 0 Å². The molecule has 0 saturated heterocycles. The molecule has 2 heteroatoms. The number of benzene rings is 2. The van der Waals surface area contributed by atoms with Gasteiger partial charge in [-0.3, -0.25) is 9.59 Å². The lowest BCUT2D eigenvalue weighted by Crippen LogP contribution is -2.24. The minimum absolute atomic E-state index is 0.0416. The highest BCUT2D eigenvalue weighted by Crippen LogP contribution is 2.40. The Hall–Kier alpha value is -2.22. The molecule has 112 valence electrons. The summed E-state index contributed by atoms with van der Waals surface area (Å²) in [5.74, 6) is 0.369. The van der Waals surface area contributed by atoms with Crippen molar-refractivity contribution in [2.75, 3.05) is 0 Å². The summed E-state index contributed by atoms with van der Waals surface area (Å²) in [5, 5.41) is 0. The summed E-state index contributed by atoms with van der Waals surface area (Å²) in [7, 11) is 0. The first-order valence-electron chi connectivity index (χ1n) is 7.87. The lowest BCUT2D eigenvalue weighted by Gasteiger charge is -2.19. The van der Waals surface area contributed by atoms with Gasteiger partial charge in [-0.1, -0.05) is 67.6 Å². The van der Waals surface area contributed by atoms with Crippen molar-refractivity contribution in [3.05, 3.63) is 71.8 Å². The molecular weight excluding hydrogens is 272 g/mol. The van der Waals surface area contributed by atoms with Crippen LogP contribution in [0.25, 0.3) is 0 Å². The highest BCUT2D eigenvalue weighted by molar-refractivity contribution is 6.01. The van der Waals surface area contributed by atoms with Gasteiger partial charge in [0.25, 0.3) is 0 Å². The Morgan fingerprint density at radius 2 is 1.09 bits per heavy atom. The molecule has 3 rings (SSSR count). The van der Waals surface area contributed by atoms with E-state index in [4.69, 9.17) is 0 Å². The molecule has 0 heterocycles. The molecule has 0 amide bonds. The van der Waals surface area contributed by atoms with Gasteiger partial charge >= 0.3 is 0 Å². The highest BCUT2D eigenvalue weighted by Gasteiger charge is 2.40. The van der Waals surface area contributed by atoms with Crippen LogP contribution >= 0.6 is 0 Å². The number of Topliss-reactive ketones (excluding diaryl/α,β-unsaturated/α-hetero) is 2. The van der Waals surface area contributed by atoms with Gasteiger partial charge in [-0.25, -0.2) is 0 Å². The Morgan fingerprint density at radius 3 is 1.45 bits per heavy atom. The average molecular weight is 292 g/mol. The third-order valence-electron chi connectivity index (χ3n) is 4.85. The second-order valence-electron chi connectivity index (χ2n) is 6.11. The first kappa shape index (κ1) is 14.7. The number of hydrogen-bond donors (Lipinski definition) is 0. The summed E-state index contributed by atoms with van der Waals surface area (Å²) >= 11 is 0. The van der Waals surface area contributed by atoms with Crippen molar-refractivity contribution in [1.29, 1.82) is 0 Å². The van der Waals surface area contributed by atoms with Gasteiger partial charge in [-0.05, 0) is 18.8 Å². The summed E-state index contributed by atoms with van der Waals surface area (Å²) in [6.07, 6.45) is 1.61. The predicted molar refractivity (Wildman–Crippen MR) is 86.9 cm³/mol. The predicted octanol–water partition coefficient (Wildman–Crippen LogP) is 4.41. The fourth-order valence-corrected chi connectivity index (χ4v) is 3.54. The molecule has 22 heavy (non-hydrogen) atoms. The van der Waals surface area contributed by atoms with Crippen molar-refractivity contribution in [2.24, 2.45) is 17.8 Å². The van der Waals surface area contributed by atoms with Gasteiger partial charge in [-0.15, -0.1) is 0 Å². The number of hydrogen-bond acceptors (Lipinski definition) is 2. The average Bonchev–Trinajstić information content (AvgIpc) is 2.96. The van der Waals surface area contributed by atoms with Crippen LogP contribution in [0.1, 0.15) is 40.5 Å². The number of carbonyl (C=O) groups excluding carboxylic acids is 2. The zero-order chi connectivity index (χ0) is 15.5. The van der Waals surface area contributed by atoms with Crippen LogP contribution in [-0.4, -0.2) is 11.6 Å². The number of carbonyl (C=O) groups is 2. The van der Waals surface area contributed by atoms with Gasteiger partial charge in [0.1, 0.15) is 0 Å². The first-order valence-corrected chi connectivity index (χ1v) is 7.87. The monoisotopic (exact) mass is 292 g/mol. The van der Waals surface area contributed by atoms with E-state index in [9.17, 15) is 9.59 Å². The summed E-state index contributed by atoms with van der Waals surface area (Å²) < 4.78 is 0. The van der Waals surface area contributed by atoms with Gasteiger partial charge in [0.2, 0.25) is 0 Å². The molecule has 2 nitrogen and oxygen atoms in total. The Bertz CT molecular complexity index is 601. The molecule has 1 aliphatic rings. The Morgan fingerprint density at radius 1 is 0.727 bits per heavy atom. The van der Waals surface area contributed by atoms with Crippen LogP contribution in [0.15, 0.2) is 60.7 Å². The van der Waals surface area contributed by atoms with Crippen LogP contribution in [0.5, 0.6) is 0 Å². The molecule has 0 aliphatic heterocycles. The van der Waals surface area contributed by atoms with E-state index in [1.807, 2.05) is 67.6 Å². The minimum atomic E-state index is -0.0416. The van der Waals surface area contributed by atoms with Crippen molar-refractivity contribution in [3.8, 4) is 0 Å². The quantitative estimate of drug-likeness (QED) is 0.782. The van der Waals surface area contributed by atoms with E-state index in [1.54, 1.807) is 0 Å². The molecule has 1 aliphatic carbocycles. The third kappa shape index (κ3) is 2.74. The standard InChI is InChI=1S/C20H20O2/c1-14-17(19(21)15-8-4-2-5-9-15)12-13-18(14)20(22)16-10-6-3-7-11-16/h2-11,14,17-18H,12-13H2,1H3/t14?,17-,18+. The molecule has 0 radical (unpaired) electrons. The normalized spacial score (nSPS) is 24.1. The van der Waals surface area contributed by atoms with Crippen LogP contribution in [0.3, 0.4) is 0 Å². The second kappa shape index (κ2) is 6.27. The maximum absolute atomic E-state index is 12.7. The molecule has 0 spiro atoms. The van der Waals surface area contributed by atoms with Gasteiger partial charge in [0, 0.05) is 23.0 Å². The first-order chi connectivity index (χ1) is 10.7. The summed E-state index contributed by atoms with van der Waals surface area (Å²) in [5.41, 5.74) is 1.51. The zero-order valence-corrected chi connectivity index (χ0v) is 12.7. The second-order valence-corrected chi connectivity index (χ2v) is 6.11. The fraction of sp³-hybridized carbons (Fsp3) is 0.300. The van der Waals surface area contributed by atoms with Crippen LogP contribution < -0.4 is 0 Å². The molecule has 1 fully saturated rings. The molecule has 2 aromatic carbocycles. The highest BCUT2D eigenvalue weighted by atomic mass is 16.1. The van der Waals surface area contributed by atoms with Gasteiger partial charge < -0.3 is 0 Å². The van der Waals surface area contributed by atoms with Gasteiger partial charge in [-0.2, -0.15) is 0 Å². The van der Waals surface area contributed by atoms with Crippen molar-refractivity contribution in [1.82, 2.24) is 0 Å². The Kier molecular flexibility index (Phi) is 4.19. The van der Waals surface area contributed by atoms with Gasteiger partial charge in [0.05, 0.1) is 0 Å². The fourth-order valence-electron chi connectivity index (χ4n) is 3.54. The SMILES string of the molecule is CC1[C@@H](C(=O)c2ccccc2)CC[C@H]1C(=O)c1ccccc1. The van der Waals surface area contributed by atoms with Crippen LogP contribution in [0, 0.1) is 17.8 Å². The number of ketones is 2. The van der Waals surface area contributed by atoms with E-state index in [1.165, 1.54) is 0 Å². The van der Waals surface area contributed by atoms with E-state index < -0.39 is 0 Å². The Labute approximate surface area is 131 Å². The van der Waals surface area contributed by atoms with E-state index in [2.05, 4.69) is 0 Å². The summed E-state index contributed by atoms with van der Waals surface area (Å²) in [4.78, 5) is 25.3. The number of rotatable bonds is 4. The van der Waals surface area contributed by atoms with Crippen LogP contribution in [0.4, 0.5) is 0 Å². The summed E-state index contributed by atoms with van der Waals surface area (Å²) in [6, 6.07) is 18.8. The van der Waals surface area contributed by atoms with Crippen molar-refractivity contribution in [2.45, 2.75) is 19.8 Å². The summed E-state index contributed by atoms with van der Waals surface area (Å²) in [6.45, 7) is 2.05. The van der Waals surface area contributed by atoms with Crippen molar-refractivity contribution in [3.63, 3.8) is 0 Å². The zero-order valence-electron chi connectivity index (χ0n) is 12.7. The van der Waals surface area contributed by atoms with Crippen molar-refractivity contribution >= 4 is 11.6 Å². The molecule has 0 bridgehead atoms. The van der Waals surface area contributed by atoms with Crippen LogP contribution in [-0.2, 0) is 0 Å². The molecule has 1 unspecified atom stereocenters. The molecular formula is C20H20O2. The molecule has 0 N–H and O–H groups in total. The lowest BCUT2D eigenvalue weighted by molar-refractivity contribution is 0.0842. The maximum Gasteiger partial charge on any atom is 0.166 e. The van der Waals surface area contributed by atoms with Crippen molar-refractivity contribution < 1.29 is 9.59 Å². The van der Waals surface area contributed by atoms with Gasteiger partial charge in [0.15, 0.2) is 11.6 Å². The molecule has 1 saturated carbocycles. The van der Waals surface area contributed by atoms with E-state index >= 15 is 0 Å².